The highest BCUT2D eigenvalue weighted by molar-refractivity contribution is 5.41. The van der Waals surface area contributed by atoms with Gasteiger partial charge in [0.1, 0.15) is 12.1 Å². The van der Waals surface area contributed by atoms with Gasteiger partial charge in [0.05, 0.1) is 20.3 Å². The predicted octanol–water partition coefficient (Wildman–Crippen LogP) is 1.19. The molecule has 0 radical (unpaired) electrons. The second kappa shape index (κ2) is 7.43. The molecule has 3 saturated heterocycles. The Hall–Kier alpha value is -1.44. The molecule has 1 aromatic rings. The minimum atomic E-state index is 0.187. The highest BCUT2D eigenvalue weighted by Gasteiger charge is 2.43. The SMILES string of the molecule is COc1cc(N2CCOCC3(CCN(C4CCOCC4)C3)C2)ncn1. The first-order valence-electron chi connectivity index (χ1n) is 9.29. The lowest BCUT2D eigenvalue weighted by Crippen LogP contribution is -2.44. The van der Waals surface area contributed by atoms with Crippen LogP contribution in [0.5, 0.6) is 5.88 Å². The number of methoxy groups -OCH3 is 1. The summed E-state index contributed by atoms with van der Waals surface area (Å²) in [5.41, 5.74) is 0.187. The van der Waals surface area contributed by atoms with Crippen LogP contribution in [0.1, 0.15) is 19.3 Å². The van der Waals surface area contributed by atoms with E-state index in [4.69, 9.17) is 14.2 Å². The molecule has 0 bridgehead atoms. The van der Waals surface area contributed by atoms with Crippen molar-refractivity contribution >= 4 is 5.82 Å². The second-order valence-corrected chi connectivity index (χ2v) is 7.46. The van der Waals surface area contributed by atoms with Crippen molar-refractivity contribution in [3.8, 4) is 5.88 Å². The molecule has 3 fully saturated rings. The highest BCUT2D eigenvalue weighted by Crippen LogP contribution is 2.37. The van der Waals surface area contributed by atoms with Crippen LogP contribution in [-0.4, -0.2) is 80.6 Å². The van der Waals surface area contributed by atoms with Gasteiger partial charge in [-0.25, -0.2) is 9.97 Å². The third-order valence-corrected chi connectivity index (χ3v) is 5.78. The van der Waals surface area contributed by atoms with Gasteiger partial charge in [-0.15, -0.1) is 0 Å². The summed E-state index contributed by atoms with van der Waals surface area (Å²) >= 11 is 0. The normalized spacial score (nSPS) is 29.1. The largest absolute Gasteiger partial charge is 0.481 e. The Labute approximate surface area is 149 Å². The van der Waals surface area contributed by atoms with E-state index in [1.807, 2.05) is 6.07 Å². The summed E-state index contributed by atoms with van der Waals surface area (Å²) in [5.74, 6) is 1.54. The zero-order chi connectivity index (χ0) is 17.1. The Morgan fingerprint density at radius 3 is 2.84 bits per heavy atom. The molecule has 3 aliphatic rings. The monoisotopic (exact) mass is 348 g/mol. The summed E-state index contributed by atoms with van der Waals surface area (Å²) in [6.07, 6.45) is 5.08. The average Bonchev–Trinajstić information content (AvgIpc) is 2.97. The van der Waals surface area contributed by atoms with Crippen molar-refractivity contribution in [3.63, 3.8) is 0 Å². The molecule has 4 rings (SSSR count). The van der Waals surface area contributed by atoms with Crippen molar-refractivity contribution in [1.82, 2.24) is 14.9 Å². The standard InChI is InChI=1S/C18H28N4O3/c1-23-17-10-16(19-14-20-17)22-6-9-25-13-18(12-22)4-5-21(11-18)15-2-7-24-8-3-15/h10,14-15H,2-9,11-13H2,1H3. The summed E-state index contributed by atoms with van der Waals surface area (Å²) in [5, 5.41) is 0. The third kappa shape index (κ3) is 3.73. The van der Waals surface area contributed by atoms with Crippen LogP contribution < -0.4 is 9.64 Å². The summed E-state index contributed by atoms with van der Waals surface area (Å²) < 4.78 is 16.8. The fourth-order valence-corrected chi connectivity index (χ4v) is 4.38. The molecule has 0 aromatic carbocycles. The number of anilines is 1. The summed E-state index contributed by atoms with van der Waals surface area (Å²) in [6.45, 7) is 7.49. The van der Waals surface area contributed by atoms with E-state index in [0.717, 1.165) is 71.3 Å². The number of ether oxygens (including phenoxy) is 3. The van der Waals surface area contributed by atoms with Gasteiger partial charge in [0, 0.05) is 50.4 Å². The van der Waals surface area contributed by atoms with Crippen LogP contribution in [-0.2, 0) is 9.47 Å². The molecular formula is C18H28N4O3. The lowest BCUT2D eigenvalue weighted by Gasteiger charge is -2.35. The van der Waals surface area contributed by atoms with Crippen LogP contribution in [0.2, 0.25) is 0 Å². The van der Waals surface area contributed by atoms with E-state index in [9.17, 15) is 0 Å². The molecule has 7 heteroatoms. The average molecular weight is 348 g/mol. The molecule has 1 unspecified atom stereocenters. The smallest absolute Gasteiger partial charge is 0.218 e. The van der Waals surface area contributed by atoms with E-state index in [0.29, 0.717) is 11.9 Å². The number of hydrogen-bond donors (Lipinski definition) is 0. The molecule has 7 nitrogen and oxygen atoms in total. The summed E-state index contributed by atoms with van der Waals surface area (Å²) in [6, 6.07) is 2.59. The van der Waals surface area contributed by atoms with Gasteiger partial charge in [-0.3, -0.25) is 4.90 Å². The second-order valence-electron chi connectivity index (χ2n) is 7.46. The van der Waals surface area contributed by atoms with Gasteiger partial charge in [-0.2, -0.15) is 0 Å². The molecule has 1 atom stereocenters. The zero-order valence-electron chi connectivity index (χ0n) is 15.0. The maximum Gasteiger partial charge on any atom is 0.218 e. The lowest BCUT2D eigenvalue weighted by molar-refractivity contribution is 0.0303. The van der Waals surface area contributed by atoms with E-state index in [-0.39, 0.29) is 5.41 Å². The number of rotatable bonds is 3. The number of likely N-dealkylation sites (tertiary alicyclic amines) is 1. The minimum Gasteiger partial charge on any atom is -0.481 e. The van der Waals surface area contributed by atoms with Gasteiger partial charge in [0.15, 0.2) is 0 Å². The van der Waals surface area contributed by atoms with Crippen LogP contribution in [0.4, 0.5) is 5.82 Å². The van der Waals surface area contributed by atoms with Crippen LogP contribution in [0.25, 0.3) is 0 Å². The first kappa shape index (κ1) is 17.0. The lowest BCUT2D eigenvalue weighted by atomic mass is 9.87. The fraction of sp³-hybridized carbons (Fsp3) is 0.778. The molecule has 1 aromatic heterocycles. The maximum atomic E-state index is 6.01. The molecule has 0 saturated carbocycles. The maximum absolute atomic E-state index is 6.01. The Morgan fingerprint density at radius 1 is 1.12 bits per heavy atom. The van der Waals surface area contributed by atoms with E-state index < -0.39 is 0 Å². The fourth-order valence-electron chi connectivity index (χ4n) is 4.38. The third-order valence-electron chi connectivity index (χ3n) is 5.78. The molecule has 138 valence electrons. The van der Waals surface area contributed by atoms with E-state index >= 15 is 0 Å². The first-order chi connectivity index (χ1) is 12.3. The topological polar surface area (TPSA) is 60.0 Å². The number of aromatic nitrogens is 2. The van der Waals surface area contributed by atoms with Gasteiger partial charge >= 0.3 is 0 Å². The predicted molar refractivity (Wildman–Crippen MR) is 94.1 cm³/mol. The Morgan fingerprint density at radius 2 is 2.00 bits per heavy atom. The molecule has 4 heterocycles. The van der Waals surface area contributed by atoms with Gasteiger partial charge in [-0.05, 0) is 25.8 Å². The van der Waals surface area contributed by atoms with Crippen molar-refractivity contribution in [2.75, 3.05) is 64.6 Å². The Kier molecular flexibility index (Phi) is 5.05. The summed E-state index contributed by atoms with van der Waals surface area (Å²) in [7, 11) is 1.64. The molecule has 1 spiro atoms. The van der Waals surface area contributed by atoms with Gasteiger partial charge in [0.2, 0.25) is 5.88 Å². The van der Waals surface area contributed by atoms with Crippen LogP contribution in [0.15, 0.2) is 12.4 Å². The zero-order valence-corrected chi connectivity index (χ0v) is 15.0. The van der Waals surface area contributed by atoms with Crippen molar-refractivity contribution in [1.29, 1.82) is 0 Å². The van der Waals surface area contributed by atoms with Crippen molar-refractivity contribution in [2.24, 2.45) is 5.41 Å². The van der Waals surface area contributed by atoms with E-state index in [1.54, 1.807) is 13.4 Å². The quantitative estimate of drug-likeness (QED) is 0.813. The molecule has 3 aliphatic heterocycles. The highest BCUT2D eigenvalue weighted by atomic mass is 16.5. The van der Waals surface area contributed by atoms with Crippen molar-refractivity contribution in [2.45, 2.75) is 25.3 Å². The van der Waals surface area contributed by atoms with Crippen LogP contribution in [0.3, 0.4) is 0 Å². The minimum absolute atomic E-state index is 0.187. The number of nitrogens with zero attached hydrogens (tertiary/aromatic N) is 4. The van der Waals surface area contributed by atoms with E-state index in [2.05, 4.69) is 19.8 Å². The molecule has 0 N–H and O–H groups in total. The molecule has 0 aliphatic carbocycles. The molecular weight excluding hydrogens is 320 g/mol. The first-order valence-corrected chi connectivity index (χ1v) is 9.29. The van der Waals surface area contributed by atoms with Gasteiger partial charge in [0.25, 0.3) is 0 Å². The van der Waals surface area contributed by atoms with Crippen LogP contribution >= 0.6 is 0 Å². The van der Waals surface area contributed by atoms with Crippen LogP contribution in [0, 0.1) is 5.41 Å². The Balaban J connectivity index is 1.48. The molecule has 0 amide bonds. The van der Waals surface area contributed by atoms with Gasteiger partial charge < -0.3 is 19.1 Å². The Bertz CT molecular complexity index is 581. The molecule has 25 heavy (non-hydrogen) atoms. The van der Waals surface area contributed by atoms with Gasteiger partial charge in [-0.1, -0.05) is 0 Å². The van der Waals surface area contributed by atoms with E-state index in [1.165, 1.54) is 6.42 Å². The van der Waals surface area contributed by atoms with Crippen molar-refractivity contribution in [3.05, 3.63) is 12.4 Å². The van der Waals surface area contributed by atoms with Crippen molar-refractivity contribution < 1.29 is 14.2 Å². The summed E-state index contributed by atoms with van der Waals surface area (Å²) in [4.78, 5) is 13.6. The number of hydrogen-bond acceptors (Lipinski definition) is 7.